The predicted octanol–water partition coefficient (Wildman–Crippen LogP) is 14.1. The van der Waals surface area contributed by atoms with Crippen LogP contribution in [0, 0.1) is 0 Å². The average Bonchev–Trinajstić information content (AvgIpc) is 3.62. The molecule has 8 aromatic rings. The van der Waals surface area contributed by atoms with Gasteiger partial charge in [-0.15, -0.1) is 0 Å². The molecule has 0 amide bonds. The van der Waals surface area contributed by atoms with E-state index in [1.807, 2.05) is 48.5 Å². The molecule has 0 radical (unpaired) electrons. The van der Waals surface area contributed by atoms with Crippen molar-refractivity contribution in [1.29, 1.82) is 0 Å². The van der Waals surface area contributed by atoms with Crippen LogP contribution in [0.5, 0.6) is 0 Å². The number of rotatable bonds is 6. The van der Waals surface area contributed by atoms with Gasteiger partial charge in [0.15, 0.2) is 5.78 Å². The van der Waals surface area contributed by atoms with Crippen LogP contribution < -0.4 is 0 Å². The number of carbonyl (C=O) groups is 1. The molecule has 0 heterocycles. The Balaban J connectivity index is 1.04. The summed E-state index contributed by atoms with van der Waals surface area (Å²) < 4.78 is 0. The van der Waals surface area contributed by atoms with Gasteiger partial charge in [-0.25, -0.2) is 0 Å². The highest BCUT2D eigenvalue weighted by molar-refractivity contribution is 6.10. The van der Waals surface area contributed by atoms with E-state index in [-0.39, 0.29) is 16.6 Å². The molecule has 56 heavy (non-hydrogen) atoms. The summed E-state index contributed by atoms with van der Waals surface area (Å²) in [5.41, 5.74) is 20.0. The van der Waals surface area contributed by atoms with Crippen LogP contribution in [0.4, 0.5) is 0 Å². The summed E-state index contributed by atoms with van der Waals surface area (Å²) in [5, 5.41) is 2.57. The summed E-state index contributed by atoms with van der Waals surface area (Å²) in [6.45, 7) is 14.1. The maximum absolute atomic E-state index is 13.1. The lowest BCUT2D eigenvalue weighted by Crippen LogP contribution is -2.24. The van der Waals surface area contributed by atoms with Crippen molar-refractivity contribution in [2.75, 3.05) is 0 Å². The fourth-order valence-electron chi connectivity index (χ4n) is 9.70. The minimum Gasteiger partial charge on any atom is -0.289 e. The number of fused-ring (bicyclic) bond motifs is 9. The van der Waals surface area contributed by atoms with Crippen molar-refractivity contribution in [3.05, 3.63) is 221 Å². The Labute approximate surface area is 329 Å². The average molecular weight is 719 g/mol. The first-order valence-corrected chi connectivity index (χ1v) is 19.6. The highest BCUT2D eigenvalue weighted by atomic mass is 16.1. The summed E-state index contributed by atoms with van der Waals surface area (Å²) in [5.74, 6) is 0.0445. The van der Waals surface area contributed by atoms with Crippen molar-refractivity contribution in [3.8, 4) is 44.5 Å². The Morgan fingerprint density at radius 2 is 0.893 bits per heavy atom. The Kier molecular flexibility index (Phi) is 7.57. The first-order chi connectivity index (χ1) is 27.1. The minimum absolute atomic E-state index is 0.0445. The van der Waals surface area contributed by atoms with Crippen molar-refractivity contribution in [2.24, 2.45) is 0 Å². The number of benzene rings is 8. The molecule has 0 aromatic heterocycles. The van der Waals surface area contributed by atoms with Gasteiger partial charge >= 0.3 is 0 Å². The summed E-state index contributed by atoms with van der Waals surface area (Å²) in [7, 11) is 0. The predicted molar refractivity (Wildman–Crippen MR) is 234 cm³/mol. The standard InChI is InChI=1S/C55H42O/c1-34(35-14-8-6-9-15-35)36-20-24-38(25-21-36)47-33-49-50(44-19-13-12-18-42(44)47)46-31-30-45-43-29-28-41(32-48(43)54(2,3)51(45)52(46)55(49,4)5)37-22-26-40(27-23-37)53(56)39-16-10-7-11-17-39/h6-33H,1H2,2-5H3. The molecule has 1 heteroatoms. The van der Waals surface area contributed by atoms with Gasteiger partial charge < -0.3 is 0 Å². The lowest BCUT2D eigenvalue weighted by molar-refractivity contribution is 0.103. The van der Waals surface area contributed by atoms with Crippen molar-refractivity contribution in [1.82, 2.24) is 0 Å². The van der Waals surface area contributed by atoms with E-state index in [0.29, 0.717) is 11.1 Å². The normalized spacial score (nSPS) is 14.1. The number of hydrogen-bond donors (Lipinski definition) is 0. The molecule has 10 rings (SSSR count). The minimum atomic E-state index is -0.223. The molecule has 0 N–H and O–H groups in total. The molecule has 268 valence electrons. The third-order valence-electron chi connectivity index (χ3n) is 12.6. The van der Waals surface area contributed by atoms with Crippen LogP contribution in [-0.4, -0.2) is 5.78 Å². The molecule has 2 aliphatic rings. The van der Waals surface area contributed by atoms with Gasteiger partial charge in [-0.1, -0.05) is 192 Å². The van der Waals surface area contributed by atoms with Crippen LogP contribution in [0.2, 0.25) is 0 Å². The maximum atomic E-state index is 13.1. The number of ketones is 1. The SMILES string of the molecule is C=C(c1ccccc1)c1ccc(-c2cc3c(c4ccccc24)-c2ccc4c(c2C3(C)C)C(C)(C)c2cc(-c3ccc(C(=O)c5ccccc5)cc3)ccc2-4)cc1. The zero-order valence-electron chi connectivity index (χ0n) is 32.3. The van der Waals surface area contributed by atoms with Crippen molar-refractivity contribution >= 4 is 22.1 Å². The molecular formula is C55H42O. The Morgan fingerprint density at radius 1 is 0.411 bits per heavy atom. The molecule has 0 aliphatic heterocycles. The monoisotopic (exact) mass is 718 g/mol. The zero-order chi connectivity index (χ0) is 38.3. The van der Waals surface area contributed by atoms with Gasteiger partial charge in [0.05, 0.1) is 0 Å². The van der Waals surface area contributed by atoms with E-state index in [9.17, 15) is 4.79 Å². The molecule has 8 aromatic carbocycles. The fourth-order valence-corrected chi connectivity index (χ4v) is 9.70. The van der Waals surface area contributed by atoms with Gasteiger partial charge in [0.2, 0.25) is 0 Å². The topological polar surface area (TPSA) is 17.1 Å². The molecule has 0 spiro atoms. The largest absolute Gasteiger partial charge is 0.289 e. The van der Waals surface area contributed by atoms with E-state index >= 15 is 0 Å². The van der Waals surface area contributed by atoms with Crippen LogP contribution in [-0.2, 0) is 10.8 Å². The van der Waals surface area contributed by atoms with Crippen molar-refractivity contribution < 1.29 is 4.79 Å². The Hall–Kier alpha value is -6.57. The summed E-state index contributed by atoms with van der Waals surface area (Å²) >= 11 is 0. The second-order valence-electron chi connectivity index (χ2n) is 16.5. The van der Waals surface area contributed by atoms with E-state index in [4.69, 9.17) is 0 Å². The van der Waals surface area contributed by atoms with Crippen LogP contribution in [0.25, 0.3) is 60.9 Å². The van der Waals surface area contributed by atoms with E-state index in [1.54, 1.807) is 0 Å². The van der Waals surface area contributed by atoms with E-state index in [2.05, 4.69) is 156 Å². The van der Waals surface area contributed by atoms with Gasteiger partial charge in [0.25, 0.3) is 0 Å². The molecule has 0 fully saturated rings. The number of hydrogen-bond acceptors (Lipinski definition) is 1. The third-order valence-corrected chi connectivity index (χ3v) is 12.6. The fraction of sp³-hybridized carbons (Fsp3) is 0.109. The third kappa shape index (κ3) is 5.04. The van der Waals surface area contributed by atoms with E-state index in [1.165, 1.54) is 66.4 Å². The van der Waals surface area contributed by atoms with Gasteiger partial charge in [-0.3, -0.25) is 4.79 Å². The van der Waals surface area contributed by atoms with E-state index < -0.39 is 0 Å². The molecule has 0 atom stereocenters. The van der Waals surface area contributed by atoms with E-state index in [0.717, 1.165) is 27.8 Å². The molecule has 1 nitrogen and oxygen atoms in total. The summed E-state index contributed by atoms with van der Waals surface area (Å²) in [4.78, 5) is 13.1. The molecule has 0 saturated carbocycles. The Morgan fingerprint density at radius 3 is 1.59 bits per heavy atom. The Bertz CT molecular complexity index is 2890. The van der Waals surface area contributed by atoms with Gasteiger partial charge in [-0.2, -0.15) is 0 Å². The van der Waals surface area contributed by atoms with Crippen LogP contribution in [0.1, 0.15) is 77.0 Å². The second-order valence-corrected chi connectivity index (χ2v) is 16.5. The smallest absolute Gasteiger partial charge is 0.193 e. The van der Waals surface area contributed by atoms with Crippen molar-refractivity contribution in [3.63, 3.8) is 0 Å². The molecule has 2 aliphatic carbocycles. The van der Waals surface area contributed by atoms with Gasteiger partial charge in [-0.05, 0) is 106 Å². The van der Waals surface area contributed by atoms with Crippen molar-refractivity contribution in [2.45, 2.75) is 38.5 Å². The van der Waals surface area contributed by atoms with Gasteiger partial charge in [0, 0.05) is 22.0 Å². The quantitative estimate of drug-likeness (QED) is 0.156. The first kappa shape index (κ1) is 34.0. The summed E-state index contributed by atoms with van der Waals surface area (Å²) in [6.07, 6.45) is 0. The van der Waals surface area contributed by atoms with Crippen LogP contribution in [0.3, 0.4) is 0 Å². The zero-order valence-corrected chi connectivity index (χ0v) is 32.3. The first-order valence-electron chi connectivity index (χ1n) is 19.6. The van der Waals surface area contributed by atoms with Crippen LogP contribution in [0.15, 0.2) is 176 Å². The summed E-state index contributed by atoms with van der Waals surface area (Å²) in [6, 6.07) is 60.1. The highest BCUT2D eigenvalue weighted by Crippen LogP contribution is 2.61. The molecule has 0 saturated heterocycles. The molecule has 0 bridgehead atoms. The number of carbonyl (C=O) groups excluding carboxylic acids is 1. The highest BCUT2D eigenvalue weighted by Gasteiger charge is 2.46. The lowest BCUT2D eigenvalue weighted by Gasteiger charge is -2.31. The molecular weight excluding hydrogens is 677 g/mol. The maximum Gasteiger partial charge on any atom is 0.193 e. The van der Waals surface area contributed by atoms with Crippen LogP contribution >= 0.6 is 0 Å². The van der Waals surface area contributed by atoms with Gasteiger partial charge in [0.1, 0.15) is 0 Å². The molecule has 0 unspecified atom stereocenters. The second kappa shape index (κ2) is 12.5. The lowest BCUT2D eigenvalue weighted by atomic mass is 9.72.